The van der Waals surface area contributed by atoms with Crippen LogP contribution in [-0.4, -0.2) is 16.5 Å². The Hall–Kier alpha value is -2.29. The molecule has 0 unspecified atom stereocenters. The second-order valence-corrected chi connectivity index (χ2v) is 3.81. The third-order valence-electron chi connectivity index (χ3n) is 2.80. The topological polar surface area (TPSA) is 57.5 Å². The second-order valence-electron chi connectivity index (χ2n) is 3.81. The van der Waals surface area contributed by atoms with Crippen LogP contribution in [0.5, 0.6) is 11.5 Å². The molecule has 0 aliphatic heterocycles. The summed E-state index contributed by atoms with van der Waals surface area (Å²) < 4.78 is 0. The molecule has 2 N–H and O–H groups in total. The summed E-state index contributed by atoms with van der Waals surface area (Å²) in [5.74, 6) is 0.114. The van der Waals surface area contributed by atoms with Crippen LogP contribution in [0.15, 0.2) is 36.4 Å². The molecule has 0 heterocycles. The van der Waals surface area contributed by atoms with E-state index >= 15 is 0 Å². The lowest BCUT2D eigenvalue weighted by Gasteiger charge is -2.10. The number of hydrogen-bond donors (Lipinski definition) is 2. The van der Waals surface area contributed by atoms with Crippen molar-refractivity contribution in [3.8, 4) is 22.6 Å². The molecule has 86 valence electrons. The molecule has 0 saturated heterocycles. The highest BCUT2D eigenvalue weighted by molar-refractivity contribution is 5.91. The van der Waals surface area contributed by atoms with E-state index in [1.807, 2.05) is 0 Å². The van der Waals surface area contributed by atoms with Crippen LogP contribution < -0.4 is 0 Å². The van der Waals surface area contributed by atoms with E-state index in [9.17, 15) is 15.0 Å². The van der Waals surface area contributed by atoms with Crippen molar-refractivity contribution in [2.45, 2.75) is 6.92 Å². The molecule has 0 radical (unpaired) electrons. The van der Waals surface area contributed by atoms with Crippen molar-refractivity contribution >= 4 is 6.29 Å². The maximum Gasteiger partial charge on any atom is 0.154 e. The number of carbonyl (C=O) groups excluding carboxylic acids is 1. The Labute approximate surface area is 99.0 Å². The van der Waals surface area contributed by atoms with Gasteiger partial charge in [0.05, 0.1) is 5.56 Å². The highest BCUT2D eigenvalue weighted by Crippen LogP contribution is 2.33. The summed E-state index contributed by atoms with van der Waals surface area (Å²) in [5, 5.41) is 19.3. The first-order valence-electron chi connectivity index (χ1n) is 5.21. The zero-order valence-corrected chi connectivity index (χ0v) is 9.34. The Balaban J connectivity index is 2.73. The number of aromatic hydroxyl groups is 2. The summed E-state index contributed by atoms with van der Waals surface area (Å²) in [5.41, 5.74) is 2.28. The standard InChI is InChI=1S/C14H12O3/c1-9-10(4-2-6-13(9)16)11-5-3-7-14(17)12(11)8-15/h2-8,16-17H,1H3. The van der Waals surface area contributed by atoms with Gasteiger partial charge < -0.3 is 10.2 Å². The van der Waals surface area contributed by atoms with Crippen molar-refractivity contribution in [3.63, 3.8) is 0 Å². The van der Waals surface area contributed by atoms with Gasteiger partial charge in [0.1, 0.15) is 11.5 Å². The fourth-order valence-electron chi connectivity index (χ4n) is 1.83. The molecule has 0 spiro atoms. The van der Waals surface area contributed by atoms with Gasteiger partial charge in [0.2, 0.25) is 0 Å². The second kappa shape index (κ2) is 4.29. The van der Waals surface area contributed by atoms with E-state index in [0.29, 0.717) is 17.4 Å². The number of phenols is 2. The van der Waals surface area contributed by atoms with Gasteiger partial charge in [0.25, 0.3) is 0 Å². The Morgan fingerprint density at radius 2 is 1.53 bits per heavy atom. The summed E-state index contributed by atoms with van der Waals surface area (Å²) in [6, 6.07) is 9.97. The molecule has 2 rings (SSSR count). The number of rotatable bonds is 2. The molecule has 0 saturated carbocycles. The van der Waals surface area contributed by atoms with Gasteiger partial charge in [-0.25, -0.2) is 0 Å². The molecule has 0 fully saturated rings. The lowest BCUT2D eigenvalue weighted by molar-refractivity contribution is 0.112. The molecule has 0 aliphatic rings. The van der Waals surface area contributed by atoms with Crippen LogP contribution in [0.25, 0.3) is 11.1 Å². The minimum atomic E-state index is -0.0553. The number of hydrogen-bond acceptors (Lipinski definition) is 3. The molecule has 0 bridgehead atoms. The first kappa shape index (κ1) is 11.2. The number of benzene rings is 2. The predicted molar refractivity (Wildman–Crippen MR) is 65.3 cm³/mol. The molecule has 2 aromatic carbocycles. The zero-order valence-electron chi connectivity index (χ0n) is 9.34. The predicted octanol–water partition coefficient (Wildman–Crippen LogP) is 2.89. The third kappa shape index (κ3) is 1.87. The summed E-state index contributed by atoms with van der Waals surface area (Å²) in [4.78, 5) is 11.0. The van der Waals surface area contributed by atoms with Gasteiger partial charge in [-0.15, -0.1) is 0 Å². The van der Waals surface area contributed by atoms with Crippen LogP contribution in [-0.2, 0) is 0 Å². The Bertz CT molecular complexity index is 574. The lowest BCUT2D eigenvalue weighted by Crippen LogP contribution is -1.91. The third-order valence-corrected chi connectivity index (χ3v) is 2.80. The normalized spacial score (nSPS) is 10.2. The van der Waals surface area contributed by atoms with Gasteiger partial charge in [-0.1, -0.05) is 24.3 Å². The van der Waals surface area contributed by atoms with Gasteiger partial charge in [0, 0.05) is 0 Å². The fourth-order valence-corrected chi connectivity index (χ4v) is 1.83. The van der Waals surface area contributed by atoms with Crippen molar-refractivity contribution in [3.05, 3.63) is 47.5 Å². The van der Waals surface area contributed by atoms with Gasteiger partial charge in [0.15, 0.2) is 6.29 Å². The largest absolute Gasteiger partial charge is 0.508 e. The van der Waals surface area contributed by atoms with Crippen molar-refractivity contribution < 1.29 is 15.0 Å². The molecule has 17 heavy (non-hydrogen) atoms. The number of carbonyl (C=O) groups is 1. The molecular formula is C14H12O3. The Morgan fingerprint density at radius 1 is 0.941 bits per heavy atom. The van der Waals surface area contributed by atoms with E-state index in [4.69, 9.17) is 0 Å². The van der Waals surface area contributed by atoms with E-state index in [1.54, 1.807) is 37.3 Å². The summed E-state index contributed by atoms with van der Waals surface area (Å²) in [7, 11) is 0. The SMILES string of the molecule is Cc1c(O)cccc1-c1cccc(O)c1C=O. The lowest BCUT2D eigenvalue weighted by atomic mass is 9.95. The Morgan fingerprint density at radius 3 is 2.18 bits per heavy atom. The van der Waals surface area contributed by atoms with Crippen molar-refractivity contribution in [2.75, 3.05) is 0 Å². The quantitative estimate of drug-likeness (QED) is 0.777. The average molecular weight is 228 g/mol. The Kier molecular flexibility index (Phi) is 2.83. The molecule has 0 aliphatic carbocycles. The minimum Gasteiger partial charge on any atom is -0.508 e. The highest BCUT2D eigenvalue weighted by Gasteiger charge is 2.12. The molecule has 0 aromatic heterocycles. The van der Waals surface area contributed by atoms with Crippen LogP contribution in [0.2, 0.25) is 0 Å². The van der Waals surface area contributed by atoms with Crippen LogP contribution in [0.4, 0.5) is 0 Å². The van der Waals surface area contributed by atoms with Crippen molar-refractivity contribution in [1.82, 2.24) is 0 Å². The van der Waals surface area contributed by atoms with Crippen LogP contribution >= 0.6 is 0 Å². The van der Waals surface area contributed by atoms with E-state index < -0.39 is 0 Å². The summed E-state index contributed by atoms with van der Waals surface area (Å²) in [6.07, 6.45) is 0.619. The van der Waals surface area contributed by atoms with Crippen molar-refractivity contribution in [1.29, 1.82) is 0 Å². The smallest absolute Gasteiger partial charge is 0.154 e. The maximum atomic E-state index is 11.0. The molecule has 3 heteroatoms. The average Bonchev–Trinajstić information content (AvgIpc) is 2.32. The van der Waals surface area contributed by atoms with Crippen molar-refractivity contribution in [2.24, 2.45) is 0 Å². The van der Waals surface area contributed by atoms with Crippen LogP contribution in [0, 0.1) is 6.92 Å². The van der Waals surface area contributed by atoms with Crippen LogP contribution in [0.1, 0.15) is 15.9 Å². The van der Waals surface area contributed by atoms with Gasteiger partial charge in [-0.3, -0.25) is 4.79 Å². The molecule has 3 nitrogen and oxygen atoms in total. The van der Waals surface area contributed by atoms with E-state index in [-0.39, 0.29) is 17.1 Å². The molecule has 0 amide bonds. The van der Waals surface area contributed by atoms with E-state index in [1.165, 1.54) is 6.07 Å². The van der Waals surface area contributed by atoms with Crippen LogP contribution in [0.3, 0.4) is 0 Å². The summed E-state index contributed by atoms with van der Waals surface area (Å²) in [6.45, 7) is 1.77. The number of phenolic OH excluding ortho intramolecular Hbond substituents is 2. The van der Waals surface area contributed by atoms with Gasteiger partial charge >= 0.3 is 0 Å². The first-order chi connectivity index (χ1) is 8.15. The molecule has 0 atom stereocenters. The zero-order chi connectivity index (χ0) is 12.4. The highest BCUT2D eigenvalue weighted by atomic mass is 16.3. The maximum absolute atomic E-state index is 11.0. The molecule has 2 aromatic rings. The number of aldehydes is 1. The van der Waals surface area contributed by atoms with E-state index in [2.05, 4.69) is 0 Å². The van der Waals surface area contributed by atoms with Gasteiger partial charge in [-0.2, -0.15) is 0 Å². The van der Waals surface area contributed by atoms with Gasteiger partial charge in [-0.05, 0) is 35.7 Å². The fraction of sp³-hybridized carbons (Fsp3) is 0.0714. The van der Waals surface area contributed by atoms with E-state index in [0.717, 1.165) is 5.56 Å². The summed E-state index contributed by atoms with van der Waals surface area (Å²) >= 11 is 0. The first-order valence-corrected chi connectivity index (χ1v) is 5.21. The molecular weight excluding hydrogens is 216 g/mol. The minimum absolute atomic E-state index is 0.0553. The monoisotopic (exact) mass is 228 g/mol.